The van der Waals surface area contributed by atoms with Crippen LogP contribution in [0.25, 0.3) is 0 Å². The molecule has 3 rings (SSSR count). The van der Waals surface area contributed by atoms with Crippen LogP contribution in [0.15, 0.2) is 48.5 Å². The van der Waals surface area contributed by atoms with Crippen molar-refractivity contribution >= 4 is 5.97 Å². The van der Waals surface area contributed by atoms with Gasteiger partial charge in [-0.05, 0) is 61.2 Å². The van der Waals surface area contributed by atoms with Gasteiger partial charge in [-0.1, -0.05) is 77.3 Å². The van der Waals surface area contributed by atoms with E-state index in [-0.39, 0.29) is 5.92 Å². The Bertz CT molecular complexity index is 896. The van der Waals surface area contributed by atoms with Gasteiger partial charge < -0.3 is 14.2 Å². The standard InChI is InChI=1S/C31H43FO4/c1-3-5-7-9-10-12-22-35-28-17-19-29(20-18-28)36-30(33)25-13-15-26(16-14-25)31(32)23-27(31)24-34-21-11-8-6-4-2/h13-20,27H,3-12,21-24H2,1-2H3/t27-,31-/m0/s1. The van der Waals surface area contributed by atoms with Crippen LogP contribution in [0.3, 0.4) is 0 Å². The molecule has 0 aromatic heterocycles. The van der Waals surface area contributed by atoms with E-state index in [1.54, 1.807) is 36.4 Å². The minimum absolute atomic E-state index is 0.108. The summed E-state index contributed by atoms with van der Waals surface area (Å²) < 4.78 is 32.2. The quantitative estimate of drug-likeness (QED) is 0.118. The van der Waals surface area contributed by atoms with E-state index >= 15 is 4.39 Å². The lowest BCUT2D eigenvalue weighted by atomic mass is 10.0. The Hall–Kier alpha value is -2.40. The highest BCUT2D eigenvalue weighted by Crippen LogP contribution is 2.55. The second-order valence-electron chi connectivity index (χ2n) is 9.95. The molecule has 0 bridgehead atoms. The molecule has 0 amide bonds. The number of halogens is 1. The van der Waals surface area contributed by atoms with Gasteiger partial charge in [0.1, 0.15) is 17.2 Å². The van der Waals surface area contributed by atoms with Gasteiger partial charge in [-0.15, -0.1) is 0 Å². The summed E-state index contributed by atoms with van der Waals surface area (Å²) in [5.74, 6) is 0.655. The summed E-state index contributed by atoms with van der Waals surface area (Å²) in [6, 6.07) is 13.8. The van der Waals surface area contributed by atoms with E-state index in [1.165, 1.54) is 44.9 Å². The van der Waals surface area contributed by atoms with Gasteiger partial charge in [-0.2, -0.15) is 0 Å². The normalized spacial score (nSPS) is 18.7. The highest BCUT2D eigenvalue weighted by Gasteiger charge is 2.56. The number of esters is 1. The van der Waals surface area contributed by atoms with Gasteiger partial charge in [0, 0.05) is 12.5 Å². The average Bonchev–Trinajstić information content (AvgIpc) is 3.57. The SMILES string of the molecule is CCCCCCCCOc1ccc(OC(=O)c2ccc([C@@]3(F)C[C@H]3COCCCCCC)cc2)cc1. The number of ether oxygens (including phenoxy) is 3. The highest BCUT2D eigenvalue weighted by atomic mass is 19.1. The lowest BCUT2D eigenvalue weighted by Gasteiger charge is -2.11. The zero-order chi connectivity index (χ0) is 25.6. The Kier molecular flexibility index (Phi) is 11.7. The monoisotopic (exact) mass is 498 g/mol. The largest absolute Gasteiger partial charge is 0.494 e. The number of alkyl halides is 1. The van der Waals surface area contributed by atoms with E-state index in [1.807, 2.05) is 12.1 Å². The Morgan fingerprint density at radius 2 is 1.39 bits per heavy atom. The van der Waals surface area contributed by atoms with Gasteiger partial charge >= 0.3 is 5.97 Å². The van der Waals surface area contributed by atoms with Gasteiger partial charge in [-0.3, -0.25) is 0 Å². The smallest absolute Gasteiger partial charge is 0.343 e. The van der Waals surface area contributed by atoms with Crippen molar-refractivity contribution in [1.29, 1.82) is 0 Å². The molecule has 0 heterocycles. The molecule has 1 aliphatic rings. The summed E-state index contributed by atoms with van der Waals surface area (Å²) in [5.41, 5.74) is -0.349. The van der Waals surface area contributed by atoms with Crippen molar-refractivity contribution in [2.75, 3.05) is 19.8 Å². The highest BCUT2D eigenvalue weighted by molar-refractivity contribution is 5.91. The number of benzene rings is 2. The Morgan fingerprint density at radius 1 is 0.806 bits per heavy atom. The molecule has 0 spiro atoms. The first kappa shape index (κ1) is 28.2. The number of unbranched alkanes of at least 4 members (excludes halogenated alkanes) is 8. The summed E-state index contributed by atoms with van der Waals surface area (Å²) >= 11 is 0. The third-order valence-electron chi connectivity index (χ3n) is 6.89. The van der Waals surface area contributed by atoms with Crippen molar-refractivity contribution in [1.82, 2.24) is 0 Å². The maximum absolute atomic E-state index is 15.2. The molecule has 36 heavy (non-hydrogen) atoms. The van der Waals surface area contributed by atoms with Gasteiger partial charge in [0.25, 0.3) is 0 Å². The topological polar surface area (TPSA) is 44.8 Å². The molecule has 0 aliphatic heterocycles. The third kappa shape index (κ3) is 8.92. The van der Waals surface area contributed by atoms with Crippen molar-refractivity contribution in [2.45, 2.75) is 90.1 Å². The lowest BCUT2D eigenvalue weighted by molar-refractivity contribution is 0.0734. The van der Waals surface area contributed by atoms with E-state index in [0.717, 1.165) is 25.0 Å². The number of carbonyl (C=O) groups excluding carboxylic acids is 1. The summed E-state index contributed by atoms with van der Waals surface area (Å²) in [4.78, 5) is 12.5. The first-order valence-corrected chi connectivity index (χ1v) is 13.9. The molecule has 1 aliphatic carbocycles. The zero-order valence-corrected chi connectivity index (χ0v) is 22.1. The van der Waals surface area contributed by atoms with E-state index in [0.29, 0.717) is 43.1 Å². The van der Waals surface area contributed by atoms with Gasteiger partial charge in [0.05, 0.1) is 18.8 Å². The number of hydrogen-bond acceptors (Lipinski definition) is 4. The van der Waals surface area contributed by atoms with Crippen LogP contribution in [-0.2, 0) is 10.4 Å². The number of rotatable bonds is 18. The molecule has 0 saturated heterocycles. The third-order valence-corrected chi connectivity index (χ3v) is 6.89. The molecule has 2 aromatic rings. The Balaban J connectivity index is 1.38. The summed E-state index contributed by atoms with van der Waals surface area (Å²) in [6.45, 7) is 6.24. The predicted molar refractivity (Wildman–Crippen MR) is 143 cm³/mol. The van der Waals surface area contributed by atoms with E-state index < -0.39 is 11.6 Å². The molecule has 0 N–H and O–H groups in total. The molecule has 0 radical (unpaired) electrons. The minimum atomic E-state index is -1.35. The van der Waals surface area contributed by atoms with Crippen LogP contribution >= 0.6 is 0 Å². The van der Waals surface area contributed by atoms with Crippen LogP contribution < -0.4 is 9.47 Å². The summed E-state index contributed by atoms with van der Waals surface area (Å²) in [6.07, 6.45) is 12.4. The van der Waals surface area contributed by atoms with Crippen molar-refractivity contribution in [3.63, 3.8) is 0 Å². The fraction of sp³-hybridized carbons (Fsp3) is 0.581. The molecule has 2 atom stereocenters. The van der Waals surface area contributed by atoms with E-state index in [9.17, 15) is 4.79 Å². The van der Waals surface area contributed by atoms with Crippen LogP contribution in [0, 0.1) is 5.92 Å². The van der Waals surface area contributed by atoms with Gasteiger partial charge in [0.2, 0.25) is 0 Å². The van der Waals surface area contributed by atoms with Gasteiger partial charge in [0.15, 0.2) is 0 Å². The minimum Gasteiger partial charge on any atom is -0.494 e. The molecule has 4 nitrogen and oxygen atoms in total. The predicted octanol–water partition coefficient (Wildman–Crippen LogP) is 8.43. The number of hydrogen-bond donors (Lipinski definition) is 0. The Labute approximate surface area is 216 Å². The van der Waals surface area contributed by atoms with Crippen LogP contribution in [-0.4, -0.2) is 25.8 Å². The second-order valence-corrected chi connectivity index (χ2v) is 9.95. The average molecular weight is 499 g/mol. The van der Waals surface area contributed by atoms with Crippen LogP contribution in [0.4, 0.5) is 4.39 Å². The van der Waals surface area contributed by atoms with Gasteiger partial charge in [-0.25, -0.2) is 9.18 Å². The Morgan fingerprint density at radius 3 is 2.08 bits per heavy atom. The fourth-order valence-electron chi connectivity index (χ4n) is 4.43. The number of carbonyl (C=O) groups is 1. The van der Waals surface area contributed by atoms with Crippen LogP contribution in [0.1, 0.15) is 100 Å². The summed E-state index contributed by atoms with van der Waals surface area (Å²) in [7, 11) is 0. The molecule has 1 saturated carbocycles. The molecule has 2 aromatic carbocycles. The molecule has 0 unspecified atom stereocenters. The summed E-state index contributed by atoms with van der Waals surface area (Å²) in [5, 5.41) is 0. The molecular formula is C31H43FO4. The zero-order valence-electron chi connectivity index (χ0n) is 22.1. The molecule has 198 valence electrons. The molecule has 1 fully saturated rings. The van der Waals surface area contributed by atoms with Crippen molar-refractivity contribution in [2.24, 2.45) is 5.92 Å². The molecule has 5 heteroatoms. The van der Waals surface area contributed by atoms with Crippen molar-refractivity contribution in [3.8, 4) is 11.5 Å². The molecular weight excluding hydrogens is 455 g/mol. The lowest BCUT2D eigenvalue weighted by Crippen LogP contribution is -2.11. The maximum Gasteiger partial charge on any atom is 0.343 e. The van der Waals surface area contributed by atoms with Crippen LogP contribution in [0.5, 0.6) is 11.5 Å². The maximum atomic E-state index is 15.2. The first-order chi connectivity index (χ1) is 17.6. The fourth-order valence-corrected chi connectivity index (χ4v) is 4.43. The van der Waals surface area contributed by atoms with E-state index in [2.05, 4.69) is 13.8 Å². The van der Waals surface area contributed by atoms with E-state index in [4.69, 9.17) is 14.2 Å². The second kappa shape index (κ2) is 15.0. The van der Waals surface area contributed by atoms with Crippen molar-refractivity contribution in [3.05, 3.63) is 59.7 Å². The van der Waals surface area contributed by atoms with Crippen molar-refractivity contribution < 1.29 is 23.4 Å². The van der Waals surface area contributed by atoms with Crippen LogP contribution in [0.2, 0.25) is 0 Å². The first-order valence-electron chi connectivity index (χ1n) is 13.9.